The number of amides is 1. The van der Waals surface area contributed by atoms with Crippen molar-refractivity contribution in [2.75, 3.05) is 5.32 Å². The lowest BCUT2D eigenvalue weighted by Crippen LogP contribution is -2.07. The van der Waals surface area contributed by atoms with E-state index in [9.17, 15) is 4.79 Å². The molecule has 1 amide bonds. The topological polar surface area (TPSA) is 68.0 Å². The lowest BCUT2D eigenvalue weighted by atomic mass is 10.2. The minimum atomic E-state index is -0.312. The van der Waals surface area contributed by atoms with Crippen LogP contribution in [0.2, 0.25) is 0 Å². The Balaban J connectivity index is 1.67. The number of hydrogen-bond acceptors (Lipinski definition) is 6. The summed E-state index contributed by atoms with van der Waals surface area (Å²) >= 11 is 3.32. The van der Waals surface area contributed by atoms with Crippen molar-refractivity contribution in [2.24, 2.45) is 0 Å². The van der Waals surface area contributed by atoms with Crippen LogP contribution in [0.4, 0.5) is 6.01 Å². The third-order valence-corrected chi connectivity index (χ3v) is 4.89. The van der Waals surface area contributed by atoms with E-state index in [1.165, 1.54) is 6.08 Å². The fourth-order valence-corrected chi connectivity index (χ4v) is 3.57. The number of anilines is 1. The van der Waals surface area contributed by atoms with Gasteiger partial charge in [0.1, 0.15) is 0 Å². The molecule has 5 nitrogen and oxygen atoms in total. The van der Waals surface area contributed by atoms with E-state index in [0.29, 0.717) is 11.1 Å². The number of aromatic nitrogens is 2. The van der Waals surface area contributed by atoms with E-state index in [0.717, 1.165) is 15.3 Å². The Labute approximate surface area is 154 Å². The Morgan fingerprint density at radius 2 is 2.16 bits per heavy atom. The SMILES string of the molecule is CC(C)Sc1cccc(-c2nnc(NC(=O)C=Cc3cccs3)o2)c1. The summed E-state index contributed by atoms with van der Waals surface area (Å²) in [4.78, 5) is 14.0. The largest absolute Gasteiger partial charge is 0.403 e. The van der Waals surface area contributed by atoms with Crippen molar-refractivity contribution in [3.8, 4) is 11.5 Å². The molecule has 0 fully saturated rings. The van der Waals surface area contributed by atoms with Gasteiger partial charge in [-0.2, -0.15) is 0 Å². The Kier molecular flexibility index (Phi) is 5.67. The standard InChI is InChI=1S/C18H17N3O2S2/c1-12(2)25-15-6-3-5-13(11-15)17-20-21-18(23-17)19-16(22)9-8-14-7-4-10-24-14/h3-12H,1-2H3,(H,19,21,22). The lowest BCUT2D eigenvalue weighted by Gasteiger charge is -2.05. The van der Waals surface area contributed by atoms with Gasteiger partial charge in [0.25, 0.3) is 5.91 Å². The summed E-state index contributed by atoms with van der Waals surface area (Å²) in [5.41, 5.74) is 0.827. The van der Waals surface area contributed by atoms with Crippen molar-refractivity contribution in [3.63, 3.8) is 0 Å². The van der Waals surface area contributed by atoms with Crippen molar-refractivity contribution >= 4 is 41.1 Å². The quantitative estimate of drug-likeness (QED) is 0.490. The number of hydrogen-bond donors (Lipinski definition) is 1. The molecule has 0 saturated heterocycles. The van der Waals surface area contributed by atoms with E-state index in [1.807, 2.05) is 41.8 Å². The van der Waals surface area contributed by atoms with Crippen molar-refractivity contribution in [2.45, 2.75) is 24.0 Å². The zero-order valence-electron chi connectivity index (χ0n) is 13.8. The Hall–Kier alpha value is -2.38. The first-order valence-corrected chi connectivity index (χ1v) is 9.49. The molecule has 128 valence electrons. The van der Waals surface area contributed by atoms with Crippen LogP contribution in [0.1, 0.15) is 18.7 Å². The highest BCUT2D eigenvalue weighted by molar-refractivity contribution is 7.99. The molecule has 7 heteroatoms. The molecule has 0 aliphatic rings. The molecule has 0 saturated carbocycles. The zero-order valence-corrected chi connectivity index (χ0v) is 15.4. The predicted molar refractivity (Wildman–Crippen MR) is 103 cm³/mol. The molecule has 1 aromatic carbocycles. The zero-order chi connectivity index (χ0) is 17.6. The van der Waals surface area contributed by atoms with Gasteiger partial charge in [-0.3, -0.25) is 10.1 Å². The van der Waals surface area contributed by atoms with Crippen LogP contribution in [0.25, 0.3) is 17.5 Å². The van der Waals surface area contributed by atoms with Crippen LogP contribution >= 0.6 is 23.1 Å². The van der Waals surface area contributed by atoms with Gasteiger partial charge in [-0.15, -0.1) is 28.2 Å². The smallest absolute Gasteiger partial charge is 0.322 e. The Morgan fingerprint density at radius 3 is 2.92 bits per heavy atom. The maximum absolute atomic E-state index is 11.9. The summed E-state index contributed by atoms with van der Waals surface area (Å²) in [5, 5.41) is 12.9. The van der Waals surface area contributed by atoms with Crippen LogP contribution in [0, 0.1) is 0 Å². The van der Waals surface area contributed by atoms with Crippen LogP contribution in [-0.4, -0.2) is 21.4 Å². The number of carbonyl (C=O) groups excluding carboxylic acids is 1. The molecule has 1 N–H and O–H groups in total. The molecular formula is C18H17N3O2S2. The molecule has 0 atom stereocenters. The molecule has 3 aromatic rings. The minimum Gasteiger partial charge on any atom is -0.403 e. The molecule has 0 radical (unpaired) electrons. The van der Waals surface area contributed by atoms with Crippen molar-refractivity contribution < 1.29 is 9.21 Å². The number of thiophene rings is 1. The highest BCUT2D eigenvalue weighted by Gasteiger charge is 2.11. The summed E-state index contributed by atoms with van der Waals surface area (Å²) < 4.78 is 5.54. The number of benzene rings is 1. The van der Waals surface area contributed by atoms with Crippen LogP contribution in [0.15, 0.2) is 57.2 Å². The molecule has 2 aromatic heterocycles. The maximum atomic E-state index is 11.9. The number of rotatable bonds is 6. The third kappa shape index (κ3) is 5.04. The summed E-state index contributed by atoms with van der Waals surface area (Å²) in [6.07, 6.45) is 3.18. The molecule has 3 rings (SSSR count). The molecule has 25 heavy (non-hydrogen) atoms. The van der Waals surface area contributed by atoms with Gasteiger partial charge in [-0.1, -0.05) is 31.1 Å². The van der Waals surface area contributed by atoms with Crippen LogP contribution < -0.4 is 5.32 Å². The fraction of sp³-hybridized carbons (Fsp3) is 0.167. The number of nitrogens with zero attached hydrogens (tertiary/aromatic N) is 2. The molecule has 0 aliphatic heterocycles. The van der Waals surface area contributed by atoms with E-state index in [1.54, 1.807) is 29.2 Å². The van der Waals surface area contributed by atoms with Crippen molar-refractivity contribution in [3.05, 3.63) is 52.7 Å². The third-order valence-electron chi connectivity index (χ3n) is 3.05. The first-order chi connectivity index (χ1) is 12.1. The Morgan fingerprint density at radius 1 is 1.28 bits per heavy atom. The van der Waals surface area contributed by atoms with Gasteiger partial charge in [-0.05, 0) is 35.7 Å². The fourth-order valence-electron chi connectivity index (χ4n) is 2.06. The van der Waals surface area contributed by atoms with Gasteiger partial charge in [-0.25, -0.2) is 0 Å². The van der Waals surface area contributed by atoms with Crippen LogP contribution in [-0.2, 0) is 4.79 Å². The van der Waals surface area contributed by atoms with E-state index in [-0.39, 0.29) is 11.9 Å². The summed E-state index contributed by atoms with van der Waals surface area (Å²) in [6, 6.07) is 11.8. The number of thioether (sulfide) groups is 1. The number of carbonyl (C=O) groups is 1. The predicted octanol–water partition coefficient (Wildman–Crippen LogP) is 4.95. The van der Waals surface area contributed by atoms with E-state index < -0.39 is 0 Å². The normalized spacial score (nSPS) is 11.3. The van der Waals surface area contributed by atoms with Gasteiger partial charge < -0.3 is 4.42 Å². The average molecular weight is 371 g/mol. The maximum Gasteiger partial charge on any atom is 0.322 e. The molecular weight excluding hydrogens is 354 g/mol. The van der Waals surface area contributed by atoms with Gasteiger partial charge in [0.15, 0.2) is 0 Å². The monoisotopic (exact) mass is 371 g/mol. The van der Waals surface area contributed by atoms with Crippen molar-refractivity contribution in [1.29, 1.82) is 0 Å². The van der Waals surface area contributed by atoms with E-state index in [2.05, 4.69) is 29.4 Å². The highest BCUT2D eigenvalue weighted by Crippen LogP contribution is 2.28. The second-order valence-corrected chi connectivity index (χ2v) is 8.07. The summed E-state index contributed by atoms with van der Waals surface area (Å²) in [7, 11) is 0. The van der Waals surface area contributed by atoms with E-state index in [4.69, 9.17) is 4.42 Å². The summed E-state index contributed by atoms with van der Waals surface area (Å²) in [6.45, 7) is 4.28. The molecule has 2 heterocycles. The molecule has 0 spiro atoms. The number of nitrogens with one attached hydrogen (secondary N) is 1. The van der Waals surface area contributed by atoms with Crippen molar-refractivity contribution in [1.82, 2.24) is 10.2 Å². The average Bonchev–Trinajstić information content (AvgIpc) is 3.24. The van der Waals surface area contributed by atoms with Gasteiger partial charge in [0.2, 0.25) is 5.89 Å². The van der Waals surface area contributed by atoms with Gasteiger partial charge >= 0.3 is 6.01 Å². The lowest BCUT2D eigenvalue weighted by molar-refractivity contribution is -0.112. The van der Waals surface area contributed by atoms with Crippen LogP contribution in [0.3, 0.4) is 0 Å². The van der Waals surface area contributed by atoms with Gasteiger partial charge in [0.05, 0.1) is 0 Å². The first-order valence-electron chi connectivity index (χ1n) is 7.73. The minimum absolute atomic E-state index is 0.0812. The molecule has 0 bridgehead atoms. The van der Waals surface area contributed by atoms with Crippen LogP contribution in [0.5, 0.6) is 0 Å². The second kappa shape index (κ2) is 8.13. The molecule has 0 aliphatic carbocycles. The first kappa shape index (κ1) is 17.4. The second-order valence-electron chi connectivity index (χ2n) is 5.44. The highest BCUT2D eigenvalue weighted by atomic mass is 32.2. The molecule has 0 unspecified atom stereocenters. The Bertz CT molecular complexity index is 870. The van der Waals surface area contributed by atoms with E-state index >= 15 is 0 Å². The van der Waals surface area contributed by atoms with Gasteiger partial charge in [0, 0.05) is 26.7 Å². The summed E-state index contributed by atoms with van der Waals surface area (Å²) in [5.74, 6) is 0.0662.